The lowest BCUT2D eigenvalue weighted by Gasteiger charge is -2.27. The third kappa shape index (κ3) is 5.11. The van der Waals surface area contributed by atoms with E-state index in [1.807, 2.05) is 6.92 Å². The topological polar surface area (TPSA) is 38.3 Å². The fourth-order valence-electron chi connectivity index (χ4n) is 1.75. The van der Waals surface area contributed by atoms with Crippen molar-refractivity contribution in [3.05, 3.63) is 29.3 Å². The summed E-state index contributed by atoms with van der Waals surface area (Å²) >= 11 is 5.81. The number of hydrogen-bond donors (Lipinski definition) is 1. The van der Waals surface area contributed by atoms with Crippen molar-refractivity contribution in [1.29, 1.82) is 0 Å². The summed E-state index contributed by atoms with van der Waals surface area (Å²) < 4.78 is 5.73. The van der Waals surface area contributed by atoms with Crippen LogP contribution >= 0.6 is 11.6 Å². The van der Waals surface area contributed by atoms with E-state index in [0.717, 1.165) is 12.8 Å². The minimum absolute atomic E-state index is 0.108. The third-order valence-electron chi connectivity index (χ3n) is 2.83. The Morgan fingerprint density at radius 2 is 1.95 bits per heavy atom. The number of benzene rings is 1. The van der Waals surface area contributed by atoms with E-state index < -0.39 is 5.60 Å². The molecule has 1 unspecified atom stereocenters. The Bertz CT molecular complexity index is 415. The number of amides is 1. The maximum absolute atomic E-state index is 12.2. The first-order chi connectivity index (χ1) is 8.85. The van der Waals surface area contributed by atoms with Crippen LogP contribution in [0.15, 0.2) is 24.3 Å². The highest BCUT2D eigenvalue weighted by Crippen LogP contribution is 2.21. The molecule has 3 nitrogen and oxygen atoms in total. The zero-order valence-corrected chi connectivity index (χ0v) is 12.8. The molecule has 0 fully saturated rings. The zero-order chi connectivity index (χ0) is 14.5. The van der Waals surface area contributed by atoms with Crippen LogP contribution in [-0.4, -0.2) is 17.6 Å². The van der Waals surface area contributed by atoms with Crippen molar-refractivity contribution in [2.45, 2.75) is 52.2 Å². The van der Waals surface area contributed by atoms with Gasteiger partial charge in [-0.05, 0) is 51.5 Å². The minimum Gasteiger partial charge on any atom is -0.478 e. The van der Waals surface area contributed by atoms with Crippen LogP contribution in [0.4, 0.5) is 0 Å². The molecule has 0 aliphatic rings. The van der Waals surface area contributed by atoms with Gasteiger partial charge in [-0.25, -0.2) is 0 Å². The molecule has 0 spiro atoms. The highest BCUT2D eigenvalue weighted by Gasteiger charge is 2.30. The largest absolute Gasteiger partial charge is 0.478 e. The van der Waals surface area contributed by atoms with Crippen LogP contribution in [0.1, 0.15) is 40.5 Å². The van der Waals surface area contributed by atoms with Gasteiger partial charge < -0.3 is 10.1 Å². The van der Waals surface area contributed by atoms with Crippen molar-refractivity contribution in [2.24, 2.45) is 0 Å². The molecule has 0 aromatic heterocycles. The molecule has 0 heterocycles. The van der Waals surface area contributed by atoms with Crippen molar-refractivity contribution >= 4 is 17.5 Å². The van der Waals surface area contributed by atoms with Crippen LogP contribution in [0.2, 0.25) is 5.02 Å². The summed E-state index contributed by atoms with van der Waals surface area (Å²) in [5.74, 6) is 0.524. The van der Waals surface area contributed by atoms with Crippen molar-refractivity contribution in [1.82, 2.24) is 5.32 Å². The number of rotatable bonds is 6. The molecule has 0 saturated heterocycles. The number of halogens is 1. The average Bonchev–Trinajstić information content (AvgIpc) is 2.32. The quantitative estimate of drug-likeness (QED) is 0.862. The monoisotopic (exact) mass is 283 g/mol. The number of ether oxygens (including phenoxy) is 1. The fourth-order valence-corrected chi connectivity index (χ4v) is 1.87. The van der Waals surface area contributed by atoms with E-state index in [4.69, 9.17) is 16.3 Å². The molecule has 1 amide bonds. The van der Waals surface area contributed by atoms with E-state index >= 15 is 0 Å². The lowest BCUT2D eigenvalue weighted by molar-refractivity contribution is -0.134. The Hall–Kier alpha value is -1.22. The summed E-state index contributed by atoms with van der Waals surface area (Å²) in [5.41, 5.74) is -0.907. The van der Waals surface area contributed by atoms with E-state index in [-0.39, 0.29) is 11.9 Å². The highest BCUT2D eigenvalue weighted by atomic mass is 35.5. The molecule has 106 valence electrons. The van der Waals surface area contributed by atoms with Crippen LogP contribution in [-0.2, 0) is 4.79 Å². The van der Waals surface area contributed by atoms with Gasteiger partial charge in [0, 0.05) is 11.1 Å². The van der Waals surface area contributed by atoms with E-state index in [1.54, 1.807) is 38.1 Å². The first-order valence-corrected chi connectivity index (χ1v) is 6.98. The van der Waals surface area contributed by atoms with Gasteiger partial charge in [0.2, 0.25) is 0 Å². The molecule has 0 aliphatic carbocycles. The molecule has 0 saturated carbocycles. The molecule has 4 heteroatoms. The van der Waals surface area contributed by atoms with Crippen molar-refractivity contribution in [3.63, 3.8) is 0 Å². The van der Waals surface area contributed by atoms with E-state index in [9.17, 15) is 4.79 Å². The van der Waals surface area contributed by atoms with Gasteiger partial charge >= 0.3 is 0 Å². The van der Waals surface area contributed by atoms with Crippen molar-refractivity contribution in [3.8, 4) is 5.75 Å². The Balaban J connectivity index is 2.64. The first-order valence-electron chi connectivity index (χ1n) is 6.60. The molecule has 1 rings (SSSR count). The van der Waals surface area contributed by atoms with Gasteiger partial charge in [-0.3, -0.25) is 4.79 Å². The van der Waals surface area contributed by atoms with Gasteiger partial charge in [0.1, 0.15) is 5.75 Å². The highest BCUT2D eigenvalue weighted by molar-refractivity contribution is 6.30. The van der Waals surface area contributed by atoms with Crippen LogP contribution in [0.25, 0.3) is 0 Å². The summed E-state index contributed by atoms with van der Waals surface area (Å²) in [5, 5.41) is 3.61. The normalized spacial score (nSPS) is 12.9. The van der Waals surface area contributed by atoms with E-state index in [0.29, 0.717) is 10.8 Å². The predicted octanol–water partition coefficient (Wildman–Crippen LogP) is 3.80. The molecule has 19 heavy (non-hydrogen) atoms. The average molecular weight is 284 g/mol. The second-order valence-electron chi connectivity index (χ2n) is 5.23. The fraction of sp³-hybridized carbons (Fsp3) is 0.533. The van der Waals surface area contributed by atoms with Crippen LogP contribution in [0.3, 0.4) is 0 Å². The lowest BCUT2D eigenvalue weighted by atomic mass is 10.1. The van der Waals surface area contributed by atoms with Gasteiger partial charge in [0.05, 0.1) is 0 Å². The maximum atomic E-state index is 12.2. The Kier molecular flexibility index (Phi) is 5.67. The van der Waals surface area contributed by atoms with Gasteiger partial charge in [0.25, 0.3) is 5.91 Å². The van der Waals surface area contributed by atoms with Crippen LogP contribution in [0.5, 0.6) is 5.75 Å². The molecule has 1 aromatic carbocycles. The Labute approximate surface area is 120 Å². The third-order valence-corrected chi connectivity index (χ3v) is 3.08. The molecule has 0 bridgehead atoms. The molecule has 1 atom stereocenters. The maximum Gasteiger partial charge on any atom is 0.263 e. The molecular formula is C15H22ClNO2. The van der Waals surface area contributed by atoms with Crippen LogP contribution in [0, 0.1) is 0 Å². The molecular weight excluding hydrogens is 262 g/mol. The zero-order valence-electron chi connectivity index (χ0n) is 12.0. The first kappa shape index (κ1) is 15.8. The van der Waals surface area contributed by atoms with Gasteiger partial charge in [-0.1, -0.05) is 24.9 Å². The van der Waals surface area contributed by atoms with Gasteiger partial charge in [-0.2, -0.15) is 0 Å². The molecule has 0 aliphatic heterocycles. The molecule has 1 N–H and O–H groups in total. The number of carbonyl (C=O) groups excluding carboxylic acids is 1. The summed E-state index contributed by atoms with van der Waals surface area (Å²) in [6.07, 6.45) is 2.00. The SMILES string of the molecule is CCCC(C)NC(=O)C(C)(C)Oc1ccc(Cl)cc1. The second kappa shape index (κ2) is 6.80. The Morgan fingerprint density at radius 1 is 1.37 bits per heavy atom. The Morgan fingerprint density at radius 3 is 2.47 bits per heavy atom. The predicted molar refractivity (Wildman–Crippen MR) is 78.7 cm³/mol. The van der Waals surface area contributed by atoms with E-state index in [2.05, 4.69) is 12.2 Å². The van der Waals surface area contributed by atoms with Gasteiger partial charge in [-0.15, -0.1) is 0 Å². The molecule has 0 radical (unpaired) electrons. The summed E-state index contributed by atoms with van der Waals surface area (Å²) in [7, 11) is 0. The van der Waals surface area contributed by atoms with E-state index in [1.165, 1.54) is 0 Å². The number of nitrogens with one attached hydrogen (secondary N) is 1. The summed E-state index contributed by atoms with van der Waals surface area (Å²) in [6, 6.07) is 7.15. The lowest BCUT2D eigenvalue weighted by Crippen LogP contribution is -2.49. The minimum atomic E-state index is -0.907. The van der Waals surface area contributed by atoms with Crippen molar-refractivity contribution in [2.75, 3.05) is 0 Å². The second-order valence-corrected chi connectivity index (χ2v) is 5.67. The summed E-state index contributed by atoms with van der Waals surface area (Å²) in [4.78, 5) is 12.2. The van der Waals surface area contributed by atoms with Crippen LogP contribution < -0.4 is 10.1 Å². The van der Waals surface area contributed by atoms with Crippen molar-refractivity contribution < 1.29 is 9.53 Å². The number of hydrogen-bond acceptors (Lipinski definition) is 2. The molecule has 1 aromatic rings. The van der Waals surface area contributed by atoms with Gasteiger partial charge in [0.15, 0.2) is 5.60 Å². The number of carbonyl (C=O) groups is 1. The smallest absolute Gasteiger partial charge is 0.263 e. The summed E-state index contributed by atoms with van der Waals surface area (Å²) in [6.45, 7) is 7.61. The standard InChI is InChI=1S/C15H22ClNO2/c1-5-6-11(2)17-14(18)15(3,4)19-13-9-7-12(16)8-10-13/h7-11H,5-6H2,1-4H3,(H,17,18).